The number of anilines is 6. The molecule has 0 amide bonds. The Bertz CT molecular complexity index is 4390. The van der Waals surface area contributed by atoms with Gasteiger partial charge in [0.25, 0.3) is 0 Å². The number of hydrogen-bond acceptors (Lipinski definition) is 6. The SMILES string of the molecule is c1ccc(N(c2cccc3ccccc23)c2cccc3c2oc2c3ccc3oc4ccccc4c32)cc1.c1ccc(N(c2ccccc2)c2cccc3c2oc2c3ccc3oc4ccccc4c32)cc1. The topological polar surface area (TPSA) is 59.0 Å². The van der Waals surface area contributed by atoms with Gasteiger partial charge in [0.2, 0.25) is 0 Å². The Morgan fingerprint density at radius 1 is 0.214 bits per heavy atom. The highest BCUT2D eigenvalue weighted by Crippen LogP contribution is 2.48. The summed E-state index contributed by atoms with van der Waals surface area (Å²) in [6.07, 6.45) is 0. The number of hydrogen-bond donors (Lipinski definition) is 0. The van der Waals surface area contributed by atoms with Crippen LogP contribution >= 0.6 is 0 Å². The maximum atomic E-state index is 6.80. The number of nitrogens with zero attached hydrogens (tertiary/aromatic N) is 2. The third-order valence-corrected chi connectivity index (χ3v) is 13.5. The van der Waals surface area contributed by atoms with Gasteiger partial charge in [-0.2, -0.15) is 0 Å². The molecule has 0 atom stereocenters. The molecule has 0 fully saturated rings. The largest absolute Gasteiger partial charge is 0.456 e. The van der Waals surface area contributed by atoms with Gasteiger partial charge < -0.3 is 27.5 Å². The zero-order chi connectivity index (χ0) is 46.1. The second kappa shape index (κ2) is 16.1. The van der Waals surface area contributed by atoms with E-state index in [0.717, 1.165) is 122 Å². The van der Waals surface area contributed by atoms with Crippen LogP contribution in [-0.4, -0.2) is 0 Å². The average molecular weight is 901 g/mol. The van der Waals surface area contributed by atoms with Gasteiger partial charge in [0.1, 0.15) is 33.5 Å². The van der Waals surface area contributed by atoms with E-state index in [-0.39, 0.29) is 0 Å². The molecule has 4 heterocycles. The first kappa shape index (κ1) is 39.6. The van der Waals surface area contributed by atoms with Crippen molar-refractivity contribution >= 4 is 133 Å². The molecule has 0 aliphatic carbocycles. The average Bonchev–Trinajstić information content (AvgIpc) is 4.21. The van der Waals surface area contributed by atoms with Crippen molar-refractivity contribution in [3.63, 3.8) is 0 Å². The second-order valence-electron chi connectivity index (χ2n) is 17.5. The molecule has 0 saturated carbocycles. The van der Waals surface area contributed by atoms with Crippen LogP contribution in [0.2, 0.25) is 0 Å². The lowest BCUT2D eigenvalue weighted by Crippen LogP contribution is -2.10. The van der Waals surface area contributed by atoms with Crippen LogP contribution in [0.25, 0.3) is 98.5 Å². The summed E-state index contributed by atoms with van der Waals surface area (Å²) < 4.78 is 25.7. The number of furan rings is 4. The Hall–Kier alpha value is -9.52. The fourth-order valence-electron chi connectivity index (χ4n) is 10.4. The van der Waals surface area contributed by atoms with Crippen LogP contribution in [0.1, 0.15) is 0 Å². The van der Waals surface area contributed by atoms with Crippen molar-refractivity contribution in [3.8, 4) is 0 Å². The summed E-state index contributed by atoms with van der Waals surface area (Å²) in [6, 6.07) is 83.6. The molecule has 4 aromatic heterocycles. The molecule has 0 saturated heterocycles. The van der Waals surface area contributed by atoms with Crippen LogP contribution in [0.4, 0.5) is 34.1 Å². The first-order valence-corrected chi connectivity index (χ1v) is 23.5. The maximum Gasteiger partial charge on any atom is 0.159 e. The fourth-order valence-corrected chi connectivity index (χ4v) is 10.4. The minimum Gasteiger partial charge on any atom is -0.456 e. The van der Waals surface area contributed by atoms with Gasteiger partial charge in [-0.1, -0.05) is 152 Å². The molecule has 11 aromatic carbocycles. The van der Waals surface area contributed by atoms with E-state index < -0.39 is 0 Å². The predicted molar refractivity (Wildman–Crippen MR) is 289 cm³/mol. The van der Waals surface area contributed by atoms with E-state index in [1.165, 1.54) is 10.8 Å². The minimum absolute atomic E-state index is 0.836. The quantitative estimate of drug-likeness (QED) is 0.166. The van der Waals surface area contributed by atoms with E-state index in [2.05, 4.69) is 192 Å². The van der Waals surface area contributed by atoms with E-state index in [1.807, 2.05) is 60.7 Å². The Balaban J connectivity index is 0.000000132. The van der Waals surface area contributed by atoms with Crippen LogP contribution in [0.15, 0.2) is 260 Å². The smallest absolute Gasteiger partial charge is 0.159 e. The van der Waals surface area contributed by atoms with Gasteiger partial charge in [-0.15, -0.1) is 0 Å². The molecule has 0 N–H and O–H groups in total. The third-order valence-electron chi connectivity index (χ3n) is 13.5. The van der Waals surface area contributed by atoms with E-state index in [1.54, 1.807) is 0 Å². The van der Waals surface area contributed by atoms with E-state index in [4.69, 9.17) is 17.7 Å². The zero-order valence-corrected chi connectivity index (χ0v) is 37.6. The molecule has 0 radical (unpaired) electrons. The first-order chi connectivity index (χ1) is 34.7. The van der Waals surface area contributed by atoms with E-state index in [9.17, 15) is 0 Å². The number of benzene rings is 11. The molecule has 330 valence electrons. The van der Waals surface area contributed by atoms with Crippen molar-refractivity contribution in [3.05, 3.63) is 243 Å². The summed E-state index contributed by atoms with van der Waals surface area (Å²) in [6.45, 7) is 0. The van der Waals surface area contributed by atoms with Crippen molar-refractivity contribution in [2.24, 2.45) is 0 Å². The molecular weight excluding hydrogens is 861 g/mol. The Labute approximate surface area is 401 Å². The summed E-state index contributed by atoms with van der Waals surface area (Å²) in [5, 5.41) is 10.9. The normalized spacial score (nSPS) is 11.7. The van der Waals surface area contributed by atoms with Crippen molar-refractivity contribution in [1.82, 2.24) is 0 Å². The van der Waals surface area contributed by atoms with Gasteiger partial charge in [0.05, 0.1) is 27.8 Å². The number of fused-ring (bicyclic) bond motifs is 15. The van der Waals surface area contributed by atoms with Crippen molar-refractivity contribution in [2.75, 3.05) is 9.80 Å². The van der Waals surface area contributed by atoms with E-state index in [0.29, 0.717) is 0 Å². The van der Waals surface area contributed by atoms with Crippen molar-refractivity contribution in [1.29, 1.82) is 0 Å². The molecule has 0 spiro atoms. The monoisotopic (exact) mass is 900 g/mol. The van der Waals surface area contributed by atoms with Gasteiger partial charge in [0, 0.05) is 54.8 Å². The summed E-state index contributed by atoms with van der Waals surface area (Å²) in [5.41, 5.74) is 13.2. The first-order valence-electron chi connectivity index (χ1n) is 23.5. The van der Waals surface area contributed by atoms with Crippen LogP contribution in [0.3, 0.4) is 0 Å². The lowest BCUT2D eigenvalue weighted by Gasteiger charge is -2.26. The summed E-state index contributed by atoms with van der Waals surface area (Å²) >= 11 is 0. The van der Waals surface area contributed by atoms with Crippen molar-refractivity contribution in [2.45, 2.75) is 0 Å². The number of para-hydroxylation sites is 7. The Morgan fingerprint density at radius 2 is 0.586 bits per heavy atom. The third kappa shape index (κ3) is 6.27. The summed E-state index contributed by atoms with van der Waals surface area (Å²) in [7, 11) is 0. The maximum absolute atomic E-state index is 6.80. The van der Waals surface area contributed by atoms with Gasteiger partial charge in [-0.25, -0.2) is 0 Å². The molecule has 6 heteroatoms. The molecule has 70 heavy (non-hydrogen) atoms. The molecule has 6 nitrogen and oxygen atoms in total. The Kier molecular flexibility index (Phi) is 9.10. The molecular formula is C64H40N2O4. The van der Waals surface area contributed by atoms with E-state index >= 15 is 0 Å². The molecule has 0 aliphatic heterocycles. The highest BCUT2D eigenvalue weighted by atomic mass is 16.4. The van der Waals surface area contributed by atoms with Crippen LogP contribution < -0.4 is 9.80 Å². The standard InChI is InChI=1S/C34H21NO2.C30H19NO2/c1-2-12-23(13-3-1)35(28-17-8-11-22-10-4-5-14-24(22)28)29-18-9-16-25-26-20-21-31-32(34(26)37-33(25)29)27-15-6-7-19-30(27)36-31;1-3-10-20(11-4-1)31(21-12-5-2-6-13-21)25-16-9-15-22-23-18-19-27-28(30(23)33-29(22)25)24-14-7-8-17-26(24)32-27/h1-21H;1-19H. The second-order valence-corrected chi connectivity index (χ2v) is 17.5. The zero-order valence-electron chi connectivity index (χ0n) is 37.6. The van der Waals surface area contributed by atoms with Gasteiger partial charge in [-0.3, -0.25) is 0 Å². The molecule has 0 bridgehead atoms. The summed E-state index contributed by atoms with van der Waals surface area (Å²) in [4.78, 5) is 4.55. The molecule has 15 rings (SSSR count). The number of rotatable bonds is 6. The molecule has 0 unspecified atom stereocenters. The lowest BCUT2D eigenvalue weighted by atomic mass is 10.0. The van der Waals surface area contributed by atoms with Crippen LogP contribution in [0.5, 0.6) is 0 Å². The summed E-state index contributed by atoms with van der Waals surface area (Å²) in [5.74, 6) is 0. The van der Waals surface area contributed by atoms with Gasteiger partial charge in [-0.05, 0) is 96.4 Å². The molecule has 0 aliphatic rings. The van der Waals surface area contributed by atoms with Gasteiger partial charge in [0.15, 0.2) is 11.2 Å². The van der Waals surface area contributed by atoms with Crippen molar-refractivity contribution < 1.29 is 17.7 Å². The highest BCUT2D eigenvalue weighted by molar-refractivity contribution is 6.24. The van der Waals surface area contributed by atoms with Crippen LogP contribution in [-0.2, 0) is 0 Å². The fraction of sp³-hybridized carbons (Fsp3) is 0. The van der Waals surface area contributed by atoms with Crippen LogP contribution in [0, 0.1) is 0 Å². The van der Waals surface area contributed by atoms with Gasteiger partial charge >= 0.3 is 0 Å². The lowest BCUT2D eigenvalue weighted by molar-refractivity contribution is 0.662. The highest BCUT2D eigenvalue weighted by Gasteiger charge is 2.24. The molecule has 15 aromatic rings. The predicted octanol–water partition coefficient (Wildman–Crippen LogP) is 19.1. The minimum atomic E-state index is 0.836. The Morgan fingerprint density at radius 3 is 1.11 bits per heavy atom.